The van der Waals surface area contributed by atoms with Crippen molar-refractivity contribution in [2.24, 2.45) is 0 Å². The van der Waals surface area contributed by atoms with E-state index >= 15 is 0 Å². The van der Waals surface area contributed by atoms with Crippen LogP contribution in [-0.4, -0.2) is 7.11 Å². The van der Waals surface area contributed by atoms with Crippen LogP contribution < -0.4 is 4.74 Å². The molecule has 0 bridgehead atoms. The van der Waals surface area contributed by atoms with Crippen LogP contribution in [0.3, 0.4) is 0 Å². The lowest BCUT2D eigenvalue weighted by Gasteiger charge is -2.24. The number of methoxy groups -OCH3 is 1. The van der Waals surface area contributed by atoms with Crippen LogP contribution in [0.15, 0.2) is 96.6 Å². The number of ether oxygens (including phenoxy) is 1. The molecule has 0 aliphatic heterocycles. The van der Waals surface area contributed by atoms with E-state index in [0.717, 1.165) is 18.6 Å². The van der Waals surface area contributed by atoms with Gasteiger partial charge in [0, 0.05) is 0 Å². The molecule has 0 amide bonds. The van der Waals surface area contributed by atoms with Gasteiger partial charge in [0.25, 0.3) is 0 Å². The first-order chi connectivity index (χ1) is 13.8. The van der Waals surface area contributed by atoms with Crippen molar-refractivity contribution in [2.45, 2.75) is 25.2 Å². The Bertz CT molecular complexity index is 950. The summed E-state index contributed by atoms with van der Waals surface area (Å²) in [6.07, 6.45) is 8.16. The summed E-state index contributed by atoms with van der Waals surface area (Å²) in [5.41, 5.74) is 6.72. The molecule has 0 spiro atoms. The average molecular weight is 367 g/mol. The van der Waals surface area contributed by atoms with Crippen LogP contribution in [0, 0.1) is 0 Å². The highest BCUT2D eigenvalue weighted by molar-refractivity contribution is 5.91. The molecule has 28 heavy (non-hydrogen) atoms. The lowest BCUT2D eigenvalue weighted by atomic mass is 9.81. The smallest absolute Gasteiger partial charge is 0.118 e. The summed E-state index contributed by atoms with van der Waals surface area (Å²) in [7, 11) is 1.70. The molecule has 0 heterocycles. The number of hydrogen-bond acceptors (Lipinski definition) is 1. The molecule has 0 N–H and O–H groups in total. The van der Waals surface area contributed by atoms with E-state index in [4.69, 9.17) is 4.74 Å². The van der Waals surface area contributed by atoms with Crippen LogP contribution >= 0.6 is 0 Å². The standard InChI is InChI=1S/C27H26O/c1-28-26-18-12-21(13-19-26)20-27(24-10-6-3-7-11-24)25-16-14-23(15-17-25)22-8-4-2-5-9-22/h2-13,16,18-20,23H,14-15,17H2,1H3/b27-20+. The Balaban J connectivity index is 1.64. The third kappa shape index (κ3) is 4.26. The van der Waals surface area contributed by atoms with Crippen molar-refractivity contribution < 1.29 is 4.74 Å². The summed E-state index contributed by atoms with van der Waals surface area (Å²) in [6, 6.07) is 29.9. The third-order valence-electron chi connectivity index (χ3n) is 5.54. The van der Waals surface area contributed by atoms with Gasteiger partial charge in [-0.05, 0) is 71.2 Å². The SMILES string of the molecule is COc1ccc(/C=C(/C2=CCC(c3ccccc3)CC2)c2ccccc2)cc1. The van der Waals surface area contributed by atoms with Crippen molar-refractivity contribution >= 4 is 11.6 Å². The van der Waals surface area contributed by atoms with Crippen molar-refractivity contribution in [1.29, 1.82) is 0 Å². The number of hydrogen-bond donors (Lipinski definition) is 0. The fourth-order valence-corrected chi connectivity index (χ4v) is 3.95. The first kappa shape index (κ1) is 18.3. The highest BCUT2D eigenvalue weighted by Crippen LogP contribution is 2.38. The zero-order valence-electron chi connectivity index (χ0n) is 16.3. The molecule has 1 heteroatoms. The molecule has 1 atom stereocenters. The largest absolute Gasteiger partial charge is 0.497 e. The van der Waals surface area contributed by atoms with Crippen LogP contribution in [0.4, 0.5) is 0 Å². The molecule has 4 rings (SSSR count). The molecular formula is C27H26O. The van der Waals surface area contributed by atoms with Gasteiger partial charge in [0.05, 0.1) is 7.11 Å². The van der Waals surface area contributed by atoms with E-state index in [1.807, 2.05) is 12.1 Å². The van der Waals surface area contributed by atoms with Gasteiger partial charge >= 0.3 is 0 Å². The lowest BCUT2D eigenvalue weighted by Crippen LogP contribution is -2.05. The van der Waals surface area contributed by atoms with Crippen molar-refractivity contribution in [2.75, 3.05) is 7.11 Å². The molecular weight excluding hydrogens is 340 g/mol. The number of allylic oxidation sites excluding steroid dienone is 3. The molecule has 1 unspecified atom stereocenters. The first-order valence-electron chi connectivity index (χ1n) is 9.99. The van der Waals surface area contributed by atoms with Crippen molar-refractivity contribution in [3.05, 3.63) is 113 Å². The van der Waals surface area contributed by atoms with Gasteiger partial charge in [-0.3, -0.25) is 0 Å². The normalized spacial score (nSPS) is 17.1. The summed E-state index contributed by atoms with van der Waals surface area (Å²) in [5, 5.41) is 0. The Morgan fingerprint density at radius 2 is 1.54 bits per heavy atom. The van der Waals surface area contributed by atoms with E-state index in [-0.39, 0.29) is 0 Å². The Labute approximate surface area is 168 Å². The maximum atomic E-state index is 5.30. The van der Waals surface area contributed by atoms with Gasteiger partial charge in [-0.15, -0.1) is 0 Å². The van der Waals surface area contributed by atoms with Crippen LogP contribution in [0.5, 0.6) is 5.75 Å². The monoisotopic (exact) mass is 366 g/mol. The fourth-order valence-electron chi connectivity index (χ4n) is 3.95. The van der Waals surface area contributed by atoms with E-state index in [0.29, 0.717) is 5.92 Å². The Morgan fingerprint density at radius 3 is 2.14 bits per heavy atom. The van der Waals surface area contributed by atoms with Gasteiger partial charge < -0.3 is 4.74 Å². The van der Waals surface area contributed by atoms with Crippen molar-refractivity contribution in [3.63, 3.8) is 0 Å². The van der Waals surface area contributed by atoms with Gasteiger partial charge in [-0.25, -0.2) is 0 Å². The minimum Gasteiger partial charge on any atom is -0.497 e. The van der Waals surface area contributed by atoms with Gasteiger partial charge in [0.1, 0.15) is 5.75 Å². The zero-order chi connectivity index (χ0) is 19.2. The summed E-state index contributed by atoms with van der Waals surface area (Å²) in [5.74, 6) is 1.52. The third-order valence-corrected chi connectivity index (χ3v) is 5.54. The molecule has 0 radical (unpaired) electrons. The van der Waals surface area contributed by atoms with Gasteiger partial charge in [-0.2, -0.15) is 0 Å². The molecule has 0 saturated carbocycles. The topological polar surface area (TPSA) is 9.23 Å². The molecule has 1 nitrogen and oxygen atoms in total. The Hall–Kier alpha value is -3.06. The van der Waals surface area contributed by atoms with Crippen LogP contribution in [0.1, 0.15) is 41.9 Å². The summed E-state index contributed by atoms with van der Waals surface area (Å²) >= 11 is 0. The van der Waals surface area contributed by atoms with E-state index in [1.165, 1.54) is 34.3 Å². The minimum absolute atomic E-state index is 0.628. The average Bonchev–Trinajstić information content (AvgIpc) is 2.79. The van der Waals surface area contributed by atoms with E-state index in [9.17, 15) is 0 Å². The van der Waals surface area contributed by atoms with Crippen LogP contribution in [0.25, 0.3) is 11.6 Å². The summed E-state index contributed by atoms with van der Waals surface area (Å²) in [6.45, 7) is 0. The Kier molecular flexibility index (Phi) is 5.72. The molecule has 0 fully saturated rings. The minimum atomic E-state index is 0.628. The van der Waals surface area contributed by atoms with Crippen LogP contribution in [-0.2, 0) is 0 Å². The highest BCUT2D eigenvalue weighted by Gasteiger charge is 2.19. The second kappa shape index (κ2) is 8.75. The molecule has 0 aromatic heterocycles. The fraction of sp³-hybridized carbons (Fsp3) is 0.185. The van der Waals surface area contributed by atoms with Gasteiger partial charge in [0.15, 0.2) is 0 Å². The second-order valence-electron chi connectivity index (χ2n) is 7.31. The Morgan fingerprint density at radius 1 is 0.857 bits per heavy atom. The maximum absolute atomic E-state index is 5.30. The predicted molar refractivity (Wildman–Crippen MR) is 118 cm³/mol. The number of rotatable bonds is 5. The van der Waals surface area contributed by atoms with Gasteiger partial charge in [0.2, 0.25) is 0 Å². The highest BCUT2D eigenvalue weighted by atomic mass is 16.5. The molecule has 1 aliphatic carbocycles. The number of benzene rings is 3. The lowest BCUT2D eigenvalue weighted by molar-refractivity contribution is 0.415. The van der Waals surface area contributed by atoms with E-state index in [1.54, 1.807) is 7.11 Å². The van der Waals surface area contributed by atoms with Crippen LogP contribution in [0.2, 0.25) is 0 Å². The van der Waals surface area contributed by atoms with Crippen molar-refractivity contribution in [3.8, 4) is 5.75 Å². The first-order valence-corrected chi connectivity index (χ1v) is 9.99. The molecule has 0 saturated heterocycles. The van der Waals surface area contributed by atoms with Crippen molar-refractivity contribution in [1.82, 2.24) is 0 Å². The molecule has 1 aliphatic rings. The van der Waals surface area contributed by atoms with E-state index < -0.39 is 0 Å². The zero-order valence-corrected chi connectivity index (χ0v) is 16.3. The van der Waals surface area contributed by atoms with Gasteiger partial charge in [-0.1, -0.05) is 78.9 Å². The summed E-state index contributed by atoms with van der Waals surface area (Å²) < 4.78 is 5.30. The quantitative estimate of drug-likeness (QED) is 0.436. The predicted octanol–water partition coefficient (Wildman–Crippen LogP) is 7.13. The summed E-state index contributed by atoms with van der Waals surface area (Å²) in [4.78, 5) is 0. The molecule has 3 aromatic rings. The molecule has 140 valence electrons. The molecule has 3 aromatic carbocycles. The second-order valence-corrected chi connectivity index (χ2v) is 7.31. The maximum Gasteiger partial charge on any atom is 0.118 e. The van der Waals surface area contributed by atoms with E-state index in [2.05, 4.69) is 84.9 Å².